The van der Waals surface area contributed by atoms with E-state index in [1.165, 1.54) is 12.5 Å². The van der Waals surface area contributed by atoms with Crippen molar-refractivity contribution in [2.75, 3.05) is 0 Å². The largest absolute Gasteiger partial charge is 0.383 e. The summed E-state index contributed by atoms with van der Waals surface area (Å²) in [6, 6.07) is 6.26. The van der Waals surface area contributed by atoms with Crippen LogP contribution in [0.15, 0.2) is 55.2 Å². The highest BCUT2D eigenvalue weighted by Gasteiger charge is 2.42. The number of carbonyl (C=O) groups excluding carboxylic acids is 3. The standard InChI is InChI=1S/C33H47N7O4.2ClH/c1-33(2,3)19-28(41)39-26(16-22-10-6-4-7-11-22)32(44)40(31(43)25(34)18-24-20-35-21-38-24)27(17-23-12-8-5-9-13-23)29(42)30-36-14-15-37-30;;/h4,6-7,10-11,14-15,20-21,23,25-27,29,42H,5,8-9,12-13,16-19,34H2,1-3H3,(H,35,38)(H,36,37)(H,39,41);2*1H/t25-,26-,27-,29+;;/m0../s1. The van der Waals surface area contributed by atoms with Crippen molar-refractivity contribution >= 4 is 42.5 Å². The molecule has 0 radical (unpaired) electrons. The van der Waals surface area contributed by atoms with Crippen LogP contribution in [-0.2, 0) is 27.2 Å². The molecule has 4 rings (SSSR count). The van der Waals surface area contributed by atoms with Gasteiger partial charge in [0.15, 0.2) is 0 Å². The summed E-state index contributed by atoms with van der Waals surface area (Å²) in [5, 5.41) is 14.7. The van der Waals surface area contributed by atoms with Gasteiger partial charge in [-0.2, -0.15) is 0 Å². The van der Waals surface area contributed by atoms with E-state index in [0.29, 0.717) is 12.1 Å². The van der Waals surface area contributed by atoms with E-state index < -0.39 is 36.0 Å². The van der Waals surface area contributed by atoms with E-state index in [1.807, 2.05) is 51.1 Å². The number of benzene rings is 1. The van der Waals surface area contributed by atoms with Crippen LogP contribution in [0, 0.1) is 11.3 Å². The molecular weight excluding hydrogens is 629 g/mol. The van der Waals surface area contributed by atoms with Gasteiger partial charge in [0.25, 0.3) is 5.91 Å². The quantitative estimate of drug-likeness (QED) is 0.178. The summed E-state index contributed by atoms with van der Waals surface area (Å²) >= 11 is 0. The third-order valence-corrected chi connectivity index (χ3v) is 8.19. The Morgan fingerprint density at radius 1 is 1.04 bits per heavy atom. The molecule has 0 saturated heterocycles. The molecule has 2 heterocycles. The maximum atomic E-state index is 14.7. The van der Waals surface area contributed by atoms with Crippen LogP contribution >= 0.6 is 24.8 Å². The number of hydrogen-bond acceptors (Lipinski definition) is 7. The highest BCUT2D eigenvalue weighted by Crippen LogP contribution is 2.33. The van der Waals surface area contributed by atoms with Gasteiger partial charge in [0.1, 0.15) is 18.0 Å². The topological polar surface area (TPSA) is 170 Å². The normalized spacial score (nSPS) is 16.2. The second kappa shape index (κ2) is 18.2. The molecule has 46 heavy (non-hydrogen) atoms. The summed E-state index contributed by atoms with van der Waals surface area (Å²) in [4.78, 5) is 57.6. The van der Waals surface area contributed by atoms with Crippen molar-refractivity contribution in [3.8, 4) is 0 Å². The molecule has 6 N–H and O–H groups in total. The van der Waals surface area contributed by atoms with Gasteiger partial charge in [-0.1, -0.05) is 83.2 Å². The number of hydrogen-bond donors (Lipinski definition) is 5. The molecule has 1 aromatic carbocycles. The summed E-state index contributed by atoms with van der Waals surface area (Å²) in [6.07, 6.45) is 10.9. The molecule has 11 nitrogen and oxygen atoms in total. The fraction of sp³-hybridized carbons (Fsp3) is 0.545. The number of aliphatic hydroxyl groups excluding tert-OH is 1. The number of aromatic nitrogens is 4. The number of imide groups is 1. The van der Waals surface area contributed by atoms with E-state index in [2.05, 4.69) is 25.3 Å². The highest BCUT2D eigenvalue weighted by atomic mass is 35.5. The van der Waals surface area contributed by atoms with Gasteiger partial charge < -0.3 is 26.1 Å². The molecule has 0 bridgehead atoms. The van der Waals surface area contributed by atoms with Crippen LogP contribution in [0.1, 0.15) is 88.9 Å². The molecule has 0 aliphatic heterocycles. The molecule has 1 saturated carbocycles. The Morgan fingerprint density at radius 2 is 1.74 bits per heavy atom. The lowest BCUT2D eigenvalue weighted by atomic mass is 9.82. The minimum absolute atomic E-state index is 0. The van der Waals surface area contributed by atoms with Crippen LogP contribution in [0.4, 0.5) is 0 Å². The van der Waals surface area contributed by atoms with E-state index in [-0.39, 0.29) is 67.1 Å². The Balaban J connectivity index is 0.00000368. The monoisotopic (exact) mass is 677 g/mol. The van der Waals surface area contributed by atoms with Crippen LogP contribution in [0.2, 0.25) is 0 Å². The van der Waals surface area contributed by atoms with Gasteiger partial charge >= 0.3 is 0 Å². The van der Waals surface area contributed by atoms with Crippen LogP contribution in [-0.4, -0.2) is 65.8 Å². The first-order valence-electron chi connectivity index (χ1n) is 15.6. The average Bonchev–Trinajstić information content (AvgIpc) is 3.71. The number of nitrogens with one attached hydrogen (secondary N) is 3. The van der Waals surface area contributed by atoms with Crippen molar-refractivity contribution in [1.29, 1.82) is 0 Å². The Bertz CT molecular complexity index is 1330. The van der Waals surface area contributed by atoms with Crippen LogP contribution < -0.4 is 11.1 Å². The van der Waals surface area contributed by atoms with E-state index in [4.69, 9.17) is 5.73 Å². The molecule has 1 aliphatic rings. The van der Waals surface area contributed by atoms with Crippen LogP contribution in [0.25, 0.3) is 0 Å². The molecule has 1 aliphatic carbocycles. The molecule has 13 heteroatoms. The Kier molecular flexibility index (Phi) is 15.4. The van der Waals surface area contributed by atoms with Gasteiger partial charge in [-0.15, -0.1) is 24.8 Å². The number of aromatic amines is 2. The minimum Gasteiger partial charge on any atom is -0.383 e. The zero-order chi connectivity index (χ0) is 31.7. The number of halogens is 2. The maximum absolute atomic E-state index is 14.7. The predicted octanol–water partition coefficient (Wildman–Crippen LogP) is 4.44. The number of carbonyl (C=O) groups is 3. The maximum Gasteiger partial charge on any atom is 0.252 e. The Hall–Kier alpha value is -3.25. The van der Waals surface area contributed by atoms with E-state index in [9.17, 15) is 19.5 Å². The molecule has 1 fully saturated rings. The predicted molar refractivity (Wildman–Crippen MR) is 181 cm³/mol. The van der Waals surface area contributed by atoms with Gasteiger partial charge in [0.05, 0.1) is 18.4 Å². The van der Waals surface area contributed by atoms with E-state index in [0.717, 1.165) is 42.6 Å². The summed E-state index contributed by atoms with van der Waals surface area (Å²) in [5.74, 6) is -1.06. The number of amides is 3. The van der Waals surface area contributed by atoms with Gasteiger partial charge in [0.2, 0.25) is 11.8 Å². The summed E-state index contributed by atoms with van der Waals surface area (Å²) in [6.45, 7) is 5.85. The first-order chi connectivity index (χ1) is 21.0. The molecule has 254 valence electrons. The third kappa shape index (κ3) is 11.2. The number of rotatable bonds is 13. The lowest BCUT2D eigenvalue weighted by molar-refractivity contribution is -0.155. The fourth-order valence-electron chi connectivity index (χ4n) is 6.04. The number of imidazole rings is 2. The van der Waals surface area contributed by atoms with Crippen molar-refractivity contribution < 1.29 is 19.5 Å². The fourth-order valence-corrected chi connectivity index (χ4v) is 6.04. The van der Waals surface area contributed by atoms with Crippen molar-refractivity contribution in [1.82, 2.24) is 30.2 Å². The molecule has 3 amide bonds. The van der Waals surface area contributed by atoms with Gasteiger partial charge in [-0.25, -0.2) is 9.97 Å². The molecule has 4 atom stereocenters. The SMILES string of the molecule is CC(C)(C)CC(=O)N[C@@H](Cc1ccccc1)C(=O)N(C(=O)[C@@H](N)Cc1cnc[nH]1)[C@@H](CC1CCCCC1)[C@@H](O)c1ncc[nH]1.Cl.Cl. The molecule has 0 unspecified atom stereocenters. The van der Waals surface area contributed by atoms with E-state index >= 15 is 0 Å². The van der Waals surface area contributed by atoms with Crippen LogP contribution in [0.3, 0.4) is 0 Å². The lowest BCUT2D eigenvalue weighted by Gasteiger charge is -2.39. The average molecular weight is 679 g/mol. The second-order valence-corrected chi connectivity index (χ2v) is 13.2. The number of nitrogens with two attached hydrogens (primary N) is 1. The van der Waals surface area contributed by atoms with Crippen molar-refractivity contribution in [2.24, 2.45) is 17.1 Å². The highest BCUT2D eigenvalue weighted by molar-refractivity contribution is 6.01. The smallest absolute Gasteiger partial charge is 0.252 e. The summed E-state index contributed by atoms with van der Waals surface area (Å²) < 4.78 is 0. The number of H-pyrrole nitrogens is 2. The Labute approximate surface area is 283 Å². The van der Waals surface area contributed by atoms with Crippen molar-refractivity contribution in [3.05, 3.63) is 72.3 Å². The zero-order valence-electron chi connectivity index (χ0n) is 26.9. The number of aliphatic hydroxyl groups is 1. The van der Waals surface area contributed by atoms with Crippen LogP contribution in [0.5, 0.6) is 0 Å². The summed E-state index contributed by atoms with van der Waals surface area (Å²) in [5.41, 5.74) is 7.65. The van der Waals surface area contributed by atoms with Gasteiger partial charge in [0, 0.05) is 43.5 Å². The first kappa shape index (κ1) is 38.9. The van der Waals surface area contributed by atoms with Gasteiger partial charge in [-0.3, -0.25) is 19.3 Å². The zero-order valence-corrected chi connectivity index (χ0v) is 28.5. The van der Waals surface area contributed by atoms with E-state index in [1.54, 1.807) is 12.4 Å². The second-order valence-electron chi connectivity index (χ2n) is 13.2. The molecular formula is C33H49Cl2N7O4. The molecule has 0 spiro atoms. The van der Waals surface area contributed by atoms with Crippen molar-refractivity contribution in [3.63, 3.8) is 0 Å². The first-order valence-corrected chi connectivity index (χ1v) is 15.6. The molecule has 3 aromatic rings. The molecule has 2 aromatic heterocycles. The minimum atomic E-state index is -1.28. The third-order valence-electron chi connectivity index (χ3n) is 8.19. The Morgan fingerprint density at radius 3 is 2.33 bits per heavy atom. The van der Waals surface area contributed by atoms with Crippen molar-refractivity contribution in [2.45, 2.75) is 103 Å². The lowest BCUT2D eigenvalue weighted by Crippen LogP contribution is -2.60. The summed E-state index contributed by atoms with van der Waals surface area (Å²) in [7, 11) is 0. The number of nitrogens with zero attached hydrogens (tertiary/aromatic N) is 3. The van der Waals surface area contributed by atoms with Gasteiger partial charge in [-0.05, 0) is 23.3 Å².